The fourth-order valence-electron chi connectivity index (χ4n) is 4.24. The van der Waals surface area contributed by atoms with E-state index in [2.05, 4.69) is 17.0 Å². The highest BCUT2D eigenvalue weighted by Crippen LogP contribution is 2.16. The van der Waals surface area contributed by atoms with E-state index in [0.29, 0.717) is 6.42 Å². The summed E-state index contributed by atoms with van der Waals surface area (Å²) in [6.45, 7) is 2.24. The van der Waals surface area contributed by atoms with Crippen LogP contribution in [-0.4, -0.2) is 31.6 Å². The second-order valence-corrected chi connectivity index (χ2v) is 11.6. The molecule has 1 amide bonds. The van der Waals surface area contributed by atoms with Crippen LogP contribution in [0, 0.1) is 0 Å². The van der Waals surface area contributed by atoms with Gasteiger partial charge in [-0.3, -0.25) is 19.1 Å². The summed E-state index contributed by atoms with van der Waals surface area (Å²) in [4.78, 5) is 35.8. The second-order valence-electron chi connectivity index (χ2n) is 9.71. The highest BCUT2D eigenvalue weighted by Gasteiger charge is 2.17. The maximum Gasteiger partial charge on any atom is 0.255 e. The Kier molecular flexibility index (Phi) is 13.9. The van der Waals surface area contributed by atoms with Gasteiger partial charge in [0.15, 0.2) is 5.78 Å². The lowest BCUT2D eigenvalue weighted by Gasteiger charge is -2.11. The summed E-state index contributed by atoms with van der Waals surface area (Å²) >= 11 is 0. The van der Waals surface area contributed by atoms with Crippen LogP contribution >= 0.6 is 0 Å². The minimum atomic E-state index is -3.54. The Morgan fingerprint density at radius 2 is 1.35 bits per heavy atom. The molecular formula is C29H42N2O5S. The molecule has 7 nitrogen and oxygen atoms in total. The van der Waals surface area contributed by atoms with Crippen LogP contribution in [0.4, 0.5) is 5.69 Å². The van der Waals surface area contributed by atoms with Crippen molar-refractivity contribution in [3.8, 4) is 0 Å². The quantitative estimate of drug-likeness (QED) is 0.163. The molecule has 0 radical (unpaired) electrons. The molecule has 0 unspecified atom stereocenters. The number of carbonyl (C=O) groups excluding carboxylic acids is 3. The smallest absolute Gasteiger partial charge is 0.255 e. The van der Waals surface area contributed by atoms with Crippen LogP contribution in [0.5, 0.6) is 0 Å². The Bertz CT molecular complexity index is 1060. The Labute approximate surface area is 222 Å². The number of sulfonamides is 1. The first-order chi connectivity index (χ1) is 17.8. The van der Waals surface area contributed by atoms with Crippen LogP contribution in [0.15, 0.2) is 48.2 Å². The number of nitrogens with one attached hydrogen (secondary N) is 2. The maximum atomic E-state index is 12.5. The van der Waals surface area contributed by atoms with Gasteiger partial charge < -0.3 is 5.32 Å². The van der Waals surface area contributed by atoms with Gasteiger partial charge in [-0.1, -0.05) is 96.5 Å². The van der Waals surface area contributed by atoms with Crippen molar-refractivity contribution in [2.75, 3.05) is 10.5 Å². The van der Waals surface area contributed by atoms with E-state index >= 15 is 0 Å². The molecule has 2 rings (SSSR count). The summed E-state index contributed by atoms with van der Waals surface area (Å²) in [5, 5.41) is 2.41. The number of allylic oxidation sites excluding steroid dienone is 3. The normalized spacial score (nSPS) is 13.5. The molecule has 0 atom stereocenters. The van der Waals surface area contributed by atoms with Gasteiger partial charge in [0.1, 0.15) is 0 Å². The van der Waals surface area contributed by atoms with Gasteiger partial charge in [-0.15, -0.1) is 0 Å². The third kappa shape index (κ3) is 12.9. The molecule has 0 aliphatic heterocycles. The van der Waals surface area contributed by atoms with Crippen LogP contribution in [0.25, 0.3) is 0 Å². The molecule has 1 aromatic rings. The van der Waals surface area contributed by atoms with E-state index in [4.69, 9.17) is 0 Å². The number of hydrogen-bond donors (Lipinski definition) is 2. The molecule has 0 saturated heterocycles. The molecule has 2 N–H and O–H groups in total. The zero-order valence-corrected chi connectivity index (χ0v) is 22.9. The number of ketones is 2. The van der Waals surface area contributed by atoms with Gasteiger partial charge >= 0.3 is 0 Å². The van der Waals surface area contributed by atoms with E-state index in [1.807, 2.05) is 0 Å². The molecule has 1 aromatic carbocycles. The molecule has 1 aliphatic rings. The predicted molar refractivity (Wildman–Crippen MR) is 149 cm³/mol. The molecule has 204 valence electrons. The van der Waals surface area contributed by atoms with Crippen LogP contribution in [-0.2, 0) is 19.6 Å². The summed E-state index contributed by atoms with van der Waals surface area (Å²) < 4.78 is 27.5. The van der Waals surface area contributed by atoms with E-state index in [-0.39, 0.29) is 28.5 Å². The molecule has 0 bridgehead atoms. The number of carbonyl (C=O) groups is 3. The molecule has 8 heteroatoms. The van der Waals surface area contributed by atoms with Crippen molar-refractivity contribution in [1.29, 1.82) is 0 Å². The molecule has 0 saturated carbocycles. The van der Waals surface area contributed by atoms with Gasteiger partial charge in [-0.05, 0) is 36.8 Å². The zero-order valence-electron chi connectivity index (χ0n) is 22.1. The lowest BCUT2D eigenvalue weighted by Crippen LogP contribution is -2.28. The number of amides is 1. The fraction of sp³-hybridized carbons (Fsp3) is 0.552. The molecule has 37 heavy (non-hydrogen) atoms. The minimum absolute atomic E-state index is 0.0251. The van der Waals surface area contributed by atoms with E-state index in [1.165, 1.54) is 76.3 Å². The summed E-state index contributed by atoms with van der Waals surface area (Å²) in [7, 11) is -3.54. The van der Waals surface area contributed by atoms with Crippen molar-refractivity contribution < 1.29 is 22.8 Å². The highest BCUT2D eigenvalue weighted by atomic mass is 32.2. The van der Waals surface area contributed by atoms with E-state index in [1.54, 1.807) is 12.1 Å². The summed E-state index contributed by atoms with van der Waals surface area (Å²) in [6, 6.07) is 6.04. The fourth-order valence-corrected chi connectivity index (χ4v) is 5.41. The van der Waals surface area contributed by atoms with Gasteiger partial charge in [-0.25, -0.2) is 8.42 Å². The Hall–Kier alpha value is -2.74. The molecule has 0 fully saturated rings. The molecule has 0 heterocycles. The van der Waals surface area contributed by atoms with Crippen molar-refractivity contribution in [1.82, 2.24) is 5.32 Å². The Morgan fingerprint density at radius 1 is 0.784 bits per heavy atom. The summed E-state index contributed by atoms with van der Waals surface area (Å²) in [5.41, 5.74) is 0.339. The number of benzene rings is 1. The molecule has 0 aromatic heterocycles. The van der Waals surface area contributed by atoms with Crippen LogP contribution in [0.1, 0.15) is 107 Å². The topological polar surface area (TPSA) is 109 Å². The van der Waals surface area contributed by atoms with Crippen molar-refractivity contribution in [3.05, 3.63) is 53.8 Å². The average Bonchev–Trinajstić information content (AvgIpc) is 2.86. The number of rotatable bonds is 19. The highest BCUT2D eigenvalue weighted by molar-refractivity contribution is 7.92. The maximum absolute atomic E-state index is 12.5. The monoisotopic (exact) mass is 530 g/mol. The Balaban J connectivity index is 1.62. The summed E-state index contributed by atoms with van der Waals surface area (Å²) in [5.74, 6) is -1.44. The van der Waals surface area contributed by atoms with Gasteiger partial charge in [0.25, 0.3) is 5.91 Å². The number of hydrogen-bond acceptors (Lipinski definition) is 5. The lowest BCUT2D eigenvalue weighted by molar-refractivity contribution is -0.114. The lowest BCUT2D eigenvalue weighted by atomic mass is 10.0. The molecule has 1 aliphatic carbocycles. The third-order valence-electron chi connectivity index (χ3n) is 6.36. The van der Waals surface area contributed by atoms with Crippen LogP contribution in [0.3, 0.4) is 0 Å². The van der Waals surface area contributed by atoms with E-state index in [9.17, 15) is 22.8 Å². The second kappa shape index (κ2) is 16.9. The minimum Gasteiger partial charge on any atom is -0.319 e. The summed E-state index contributed by atoms with van der Waals surface area (Å²) in [6.07, 6.45) is 20.1. The standard InChI is InChI=1S/C29H42N2O5S/c1-2-3-4-5-6-7-8-9-10-11-12-13-14-15-21-37(35,36)31-25-18-16-17-24(22-25)29(34)30-27-23-26(32)19-20-28(27)33/h16-20,22-23,31H,2-15,21H2,1H3,(H,30,34). The predicted octanol–water partition coefficient (Wildman–Crippen LogP) is 6.23. The number of unbranched alkanes of at least 4 members (excludes halogenated alkanes) is 13. The SMILES string of the molecule is CCCCCCCCCCCCCCCCS(=O)(=O)Nc1cccc(C(=O)NC2=CC(=O)C=CC2=O)c1. The van der Waals surface area contributed by atoms with Crippen molar-refractivity contribution in [2.45, 2.75) is 96.8 Å². The molecular weight excluding hydrogens is 488 g/mol. The van der Waals surface area contributed by atoms with Crippen LogP contribution in [0.2, 0.25) is 0 Å². The third-order valence-corrected chi connectivity index (χ3v) is 7.74. The first-order valence-electron chi connectivity index (χ1n) is 13.7. The first-order valence-corrected chi connectivity index (χ1v) is 15.4. The first kappa shape index (κ1) is 30.5. The van der Waals surface area contributed by atoms with Gasteiger partial charge in [-0.2, -0.15) is 0 Å². The van der Waals surface area contributed by atoms with Crippen molar-refractivity contribution >= 4 is 33.2 Å². The Morgan fingerprint density at radius 3 is 1.95 bits per heavy atom. The van der Waals surface area contributed by atoms with E-state index < -0.39 is 21.7 Å². The van der Waals surface area contributed by atoms with E-state index in [0.717, 1.165) is 37.5 Å². The zero-order chi connectivity index (χ0) is 26.9. The van der Waals surface area contributed by atoms with Gasteiger partial charge in [0.2, 0.25) is 15.8 Å². The number of anilines is 1. The average molecular weight is 531 g/mol. The molecule has 0 spiro atoms. The van der Waals surface area contributed by atoms with Crippen molar-refractivity contribution in [3.63, 3.8) is 0 Å². The van der Waals surface area contributed by atoms with Gasteiger partial charge in [0.05, 0.1) is 11.4 Å². The van der Waals surface area contributed by atoms with Crippen LogP contribution < -0.4 is 10.0 Å². The largest absolute Gasteiger partial charge is 0.319 e. The van der Waals surface area contributed by atoms with Gasteiger partial charge in [0, 0.05) is 17.3 Å². The van der Waals surface area contributed by atoms with Crippen molar-refractivity contribution in [2.24, 2.45) is 0 Å².